The van der Waals surface area contributed by atoms with Crippen LogP contribution < -0.4 is 5.32 Å². The fourth-order valence-electron chi connectivity index (χ4n) is 2.38. The first kappa shape index (κ1) is 17.7. The van der Waals surface area contributed by atoms with Gasteiger partial charge >= 0.3 is 0 Å². The van der Waals surface area contributed by atoms with E-state index in [1.807, 2.05) is 61.5 Å². The summed E-state index contributed by atoms with van der Waals surface area (Å²) < 4.78 is 0. The molecule has 0 saturated carbocycles. The largest absolute Gasteiger partial charge is 0.352 e. The number of aryl methyl sites for hydroxylation is 1. The van der Waals surface area contributed by atoms with Crippen molar-refractivity contribution in [2.45, 2.75) is 33.4 Å². The second kappa shape index (κ2) is 8.87. The summed E-state index contributed by atoms with van der Waals surface area (Å²) in [6.07, 6.45) is 0.304. The number of carbonyl (C=O) groups is 2. The van der Waals surface area contributed by atoms with Gasteiger partial charge in [-0.25, -0.2) is 0 Å². The molecular formula is C20H24N2O2. The van der Waals surface area contributed by atoms with E-state index in [-0.39, 0.29) is 11.8 Å². The van der Waals surface area contributed by atoms with Crippen LogP contribution in [0.1, 0.15) is 30.0 Å². The molecule has 2 aromatic carbocycles. The van der Waals surface area contributed by atoms with E-state index < -0.39 is 0 Å². The molecule has 126 valence electrons. The van der Waals surface area contributed by atoms with Gasteiger partial charge in [0.05, 0.1) is 0 Å². The van der Waals surface area contributed by atoms with Gasteiger partial charge in [-0.05, 0) is 18.1 Å². The molecule has 0 aliphatic carbocycles. The molecule has 0 aromatic heterocycles. The molecule has 0 atom stereocenters. The van der Waals surface area contributed by atoms with Crippen molar-refractivity contribution in [1.29, 1.82) is 0 Å². The summed E-state index contributed by atoms with van der Waals surface area (Å²) in [6.45, 7) is 5.03. The zero-order valence-electron chi connectivity index (χ0n) is 14.3. The molecule has 24 heavy (non-hydrogen) atoms. The van der Waals surface area contributed by atoms with E-state index >= 15 is 0 Å². The minimum absolute atomic E-state index is 0.0218. The number of nitrogens with zero attached hydrogens (tertiary/aromatic N) is 1. The van der Waals surface area contributed by atoms with Gasteiger partial charge in [-0.1, -0.05) is 60.2 Å². The lowest BCUT2D eigenvalue weighted by molar-refractivity contribution is -0.130. The van der Waals surface area contributed by atoms with Crippen molar-refractivity contribution < 1.29 is 9.59 Å². The zero-order valence-corrected chi connectivity index (χ0v) is 14.3. The summed E-state index contributed by atoms with van der Waals surface area (Å²) in [7, 11) is 0. The molecule has 4 heteroatoms. The molecule has 0 saturated heterocycles. The van der Waals surface area contributed by atoms with Gasteiger partial charge in [0.1, 0.15) is 0 Å². The first-order valence-electron chi connectivity index (χ1n) is 8.16. The van der Waals surface area contributed by atoms with Crippen molar-refractivity contribution in [3.63, 3.8) is 0 Å². The van der Waals surface area contributed by atoms with Crippen LogP contribution in [-0.4, -0.2) is 23.3 Å². The Bertz CT molecular complexity index is 666. The molecule has 0 spiro atoms. The van der Waals surface area contributed by atoms with E-state index in [4.69, 9.17) is 0 Å². The van der Waals surface area contributed by atoms with Gasteiger partial charge in [-0.15, -0.1) is 0 Å². The summed E-state index contributed by atoms with van der Waals surface area (Å²) in [5.41, 5.74) is 3.32. The van der Waals surface area contributed by atoms with Crippen molar-refractivity contribution in [3.8, 4) is 0 Å². The average molecular weight is 324 g/mol. The molecule has 0 bridgehead atoms. The van der Waals surface area contributed by atoms with Gasteiger partial charge in [-0.2, -0.15) is 0 Å². The topological polar surface area (TPSA) is 49.4 Å². The van der Waals surface area contributed by atoms with Gasteiger partial charge in [-0.3, -0.25) is 9.59 Å². The van der Waals surface area contributed by atoms with Crippen LogP contribution in [0.25, 0.3) is 0 Å². The Morgan fingerprint density at radius 2 is 1.62 bits per heavy atom. The molecule has 0 unspecified atom stereocenters. The number of hydrogen-bond acceptors (Lipinski definition) is 2. The number of rotatable bonds is 7. The summed E-state index contributed by atoms with van der Waals surface area (Å²) in [5, 5.41) is 2.89. The van der Waals surface area contributed by atoms with Crippen LogP contribution in [0.2, 0.25) is 0 Å². The maximum atomic E-state index is 12.0. The third-order valence-corrected chi connectivity index (χ3v) is 3.88. The summed E-state index contributed by atoms with van der Waals surface area (Å²) in [4.78, 5) is 25.5. The van der Waals surface area contributed by atoms with Crippen molar-refractivity contribution in [1.82, 2.24) is 10.2 Å². The third-order valence-electron chi connectivity index (χ3n) is 3.88. The van der Waals surface area contributed by atoms with Crippen molar-refractivity contribution in [3.05, 3.63) is 71.3 Å². The molecule has 0 aliphatic heterocycles. The number of amides is 2. The average Bonchev–Trinajstić information content (AvgIpc) is 2.59. The van der Waals surface area contributed by atoms with Gasteiger partial charge in [0.2, 0.25) is 11.8 Å². The van der Waals surface area contributed by atoms with Crippen LogP contribution >= 0.6 is 0 Å². The quantitative estimate of drug-likeness (QED) is 0.851. The van der Waals surface area contributed by atoms with E-state index in [1.165, 1.54) is 12.5 Å². The van der Waals surface area contributed by atoms with Gasteiger partial charge in [0.15, 0.2) is 0 Å². The highest BCUT2D eigenvalue weighted by atomic mass is 16.2. The molecule has 1 N–H and O–H groups in total. The molecule has 0 aliphatic rings. The Labute approximate surface area is 143 Å². The molecule has 0 heterocycles. The van der Waals surface area contributed by atoms with Crippen LogP contribution in [0.4, 0.5) is 0 Å². The molecular weight excluding hydrogens is 300 g/mol. The first-order valence-corrected chi connectivity index (χ1v) is 8.16. The maximum absolute atomic E-state index is 12.0. The molecule has 4 nitrogen and oxygen atoms in total. The number of hydrogen-bond donors (Lipinski definition) is 1. The van der Waals surface area contributed by atoms with Crippen molar-refractivity contribution in [2.24, 2.45) is 0 Å². The monoisotopic (exact) mass is 324 g/mol. The van der Waals surface area contributed by atoms with Crippen molar-refractivity contribution >= 4 is 11.8 Å². The molecule has 0 radical (unpaired) electrons. The Morgan fingerprint density at radius 3 is 2.25 bits per heavy atom. The first-order chi connectivity index (χ1) is 11.5. The lowest BCUT2D eigenvalue weighted by atomic mass is 10.1. The summed E-state index contributed by atoms with van der Waals surface area (Å²) >= 11 is 0. The van der Waals surface area contributed by atoms with Gasteiger partial charge in [0.25, 0.3) is 0 Å². The fourth-order valence-corrected chi connectivity index (χ4v) is 2.38. The second-order valence-corrected chi connectivity index (χ2v) is 5.94. The normalized spacial score (nSPS) is 10.2. The third kappa shape index (κ3) is 5.88. The Hall–Kier alpha value is -2.62. The Morgan fingerprint density at radius 1 is 0.958 bits per heavy atom. The van der Waals surface area contributed by atoms with Crippen LogP contribution in [0.5, 0.6) is 0 Å². The highest BCUT2D eigenvalue weighted by Crippen LogP contribution is 2.08. The fraction of sp³-hybridized carbons (Fsp3) is 0.300. The number of nitrogens with one attached hydrogen (secondary N) is 1. The second-order valence-electron chi connectivity index (χ2n) is 5.94. The molecule has 2 amide bonds. The van der Waals surface area contributed by atoms with Crippen LogP contribution in [0.3, 0.4) is 0 Å². The highest BCUT2D eigenvalue weighted by Gasteiger charge is 2.11. The van der Waals surface area contributed by atoms with E-state index in [9.17, 15) is 9.59 Å². The predicted molar refractivity (Wildman–Crippen MR) is 95.2 cm³/mol. The van der Waals surface area contributed by atoms with Crippen LogP contribution in [-0.2, 0) is 22.7 Å². The number of carbonyl (C=O) groups excluding carboxylic acids is 2. The summed E-state index contributed by atoms with van der Waals surface area (Å²) in [5.74, 6) is -0.0690. The maximum Gasteiger partial charge on any atom is 0.222 e. The lowest BCUT2D eigenvalue weighted by Gasteiger charge is -2.21. The lowest BCUT2D eigenvalue weighted by Crippen LogP contribution is -2.33. The van der Waals surface area contributed by atoms with E-state index in [1.54, 1.807) is 4.90 Å². The van der Waals surface area contributed by atoms with E-state index in [2.05, 4.69) is 5.32 Å². The molecule has 2 rings (SSSR count). The molecule has 0 fully saturated rings. The highest BCUT2D eigenvalue weighted by molar-refractivity contribution is 5.78. The smallest absolute Gasteiger partial charge is 0.222 e. The zero-order chi connectivity index (χ0) is 17.4. The Kier molecular flexibility index (Phi) is 6.55. The van der Waals surface area contributed by atoms with Crippen molar-refractivity contribution in [2.75, 3.05) is 6.54 Å². The Balaban J connectivity index is 1.81. The van der Waals surface area contributed by atoms with Gasteiger partial charge in [0, 0.05) is 33.0 Å². The minimum Gasteiger partial charge on any atom is -0.352 e. The SMILES string of the molecule is CC(=O)N(CCC(=O)NCc1ccccc1)Cc1ccc(C)cc1. The summed E-state index contributed by atoms with van der Waals surface area (Å²) in [6, 6.07) is 17.9. The van der Waals surface area contributed by atoms with E-state index in [0.29, 0.717) is 26.1 Å². The number of benzene rings is 2. The minimum atomic E-state index is -0.0472. The van der Waals surface area contributed by atoms with E-state index in [0.717, 1.165) is 11.1 Å². The van der Waals surface area contributed by atoms with Crippen LogP contribution in [0.15, 0.2) is 54.6 Å². The standard InChI is InChI=1S/C20H24N2O2/c1-16-8-10-19(11-9-16)15-22(17(2)23)13-12-20(24)21-14-18-6-4-3-5-7-18/h3-11H,12-15H2,1-2H3,(H,21,24). The molecule has 2 aromatic rings. The predicted octanol–water partition coefficient (Wildman–Crippen LogP) is 3.05. The van der Waals surface area contributed by atoms with Crippen LogP contribution in [0, 0.1) is 6.92 Å². The van der Waals surface area contributed by atoms with Gasteiger partial charge < -0.3 is 10.2 Å².